The van der Waals surface area contributed by atoms with Crippen molar-refractivity contribution in [2.24, 2.45) is 23.2 Å². The minimum absolute atomic E-state index is 0.0769. The molecule has 176 valence electrons. The summed E-state index contributed by atoms with van der Waals surface area (Å²) in [5.41, 5.74) is 1.30. The second kappa shape index (κ2) is 9.09. The highest BCUT2D eigenvalue weighted by Crippen LogP contribution is 2.60. The molecule has 0 spiro atoms. The lowest BCUT2D eigenvalue weighted by molar-refractivity contribution is -0.0868. The zero-order valence-electron chi connectivity index (χ0n) is 19.9. The van der Waals surface area contributed by atoms with Crippen LogP contribution >= 0.6 is 0 Å². The van der Waals surface area contributed by atoms with Gasteiger partial charge < -0.3 is 10.2 Å². The topological polar surface area (TPSA) is 40.5 Å². The van der Waals surface area contributed by atoms with Crippen LogP contribution in [0.15, 0.2) is 35.5 Å². The fourth-order valence-corrected chi connectivity index (χ4v) is 6.73. The van der Waals surface area contributed by atoms with E-state index in [4.69, 9.17) is 0 Å². The van der Waals surface area contributed by atoms with E-state index in [0.717, 1.165) is 38.5 Å². The van der Waals surface area contributed by atoms with E-state index in [2.05, 4.69) is 20.4 Å². The second-order valence-electron chi connectivity index (χ2n) is 11.4. The first kappa shape index (κ1) is 24.6. The van der Waals surface area contributed by atoms with E-state index in [1.807, 2.05) is 19.9 Å². The molecule has 1 unspecified atom stereocenters. The SMILES string of the molecule is C=C1CC[C@H](O)C(F)(F)/C1=C/C=C1CCC[C@@]2(C)C1CC[C@@H]2[C@H](C)CCCC(C)(C)O. The van der Waals surface area contributed by atoms with E-state index in [1.54, 1.807) is 6.08 Å². The average molecular weight is 437 g/mol. The Labute approximate surface area is 187 Å². The third-order valence-electron chi connectivity index (χ3n) is 8.52. The lowest BCUT2D eigenvalue weighted by Crippen LogP contribution is -2.39. The van der Waals surface area contributed by atoms with Crippen molar-refractivity contribution in [3.63, 3.8) is 0 Å². The van der Waals surface area contributed by atoms with Crippen molar-refractivity contribution in [1.82, 2.24) is 0 Å². The molecule has 31 heavy (non-hydrogen) atoms. The van der Waals surface area contributed by atoms with Crippen LogP contribution in [0.3, 0.4) is 0 Å². The summed E-state index contributed by atoms with van der Waals surface area (Å²) in [5.74, 6) is -1.51. The first-order valence-electron chi connectivity index (χ1n) is 12.2. The zero-order chi connectivity index (χ0) is 23.0. The maximum Gasteiger partial charge on any atom is 0.298 e. The smallest absolute Gasteiger partial charge is 0.298 e. The summed E-state index contributed by atoms with van der Waals surface area (Å²) < 4.78 is 29.1. The third kappa shape index (κ3) is 5.16. The van der Waals surface area contributed by atoms with Crippen LogP contribution in [0.4, 0.5) is 8.78 Å². The highest BCUT2D eigenvalue weighted by atomic mass is 19.3. The van der Waals surface area contributed by atoms with Crippen molar-refractivity contribution < 1.29 is 19.0 Å². The molecule has 0 saturated heterocycles. The summed E-state index contributed by atoms with van der Waals surface area (Å²) in [6.45, 7) is 12.4. The molecule has 2 N–H and O–H groups in total. The van der Waals surface area contributed by atoms with Gasteiger partial charge in [0.25, 0.3) is 5.92 Å². The number of aliphatic hydroxyl groups is 2. The molecule has 0 bridgehead atoms. The molecule has 0 aromatic rings. The minimum atomic E-state index is -3.21. The molecule has 3 fully saturated rings. The zero-order valence-corrected chi connectivity index (χ0v) is 19.9. The van der Waals surface area contributed by atoms with E-state index < -0.39 is 17.6 Å². The van der Waals surface area contributed by atoms with Crippen molar-refractivity contribution in [2.45, 2.75) is 110 Å². The van der Waals surface area contributed by atoms with Crippen LogP contribution in [0.2, 0.25) is 0 Å². The monoisotopic (exact) mass is 436 g/mol. The lowest BCUT2D eigenvalue weighted by atomic mass is 9.60. The molecule has 0 aliphatic heterocycles. The standard InChI is InChI=1S/C27H42F2O2/c1-18(8-6-16-25(3,4)31)21-13-14-23-20(9-7-17-26(21,23)5)11-12-22-19(2)10-15-24(30)27(22,28)29/h11-12,18,21,23-24,30-31H,2,6-10,13-17H2,1,3-5H3/b20-11?,22-12+/t18-,21-,23?,24+,26-/m1/s1. The molecule has 0 aromatic carbocycles. The summed E-state index contributed by atoms with van der Waals surface area (Å²) in [6.07, 6.45) is 11.0. The maximum absolute atomic E-state index is 14.6. The molecule has 5 atom stereocenters. The lowest BCUT2D eigenvalue weighted by Gasteiger charge is -2.44. The number of aliphatic hydroxyl groups excluding tert-OH is 1. The number of rotatable bonds is 6. The van der Waals surface area contributed by atoms with Gasteiger partial charge in [-0.3, -0.25) is 0 Å². The van der Waals surface area contributed by atoms with Crippen LogP contribution in [0.1, 0.15) is 91.9 Å². The molecule has 4 heteroatoms. The summed E-state index contributed by atoms with van der Waals surface area (Å²) in [5, 5.41) is 19.8. The molecule has 2 nitrogen and oxygen atoms in total. The van der Waals surface area contributed by atoms with Crippen molar-refractivity contribution in [3.8, 4) is 0 Å². The fraction of sp³-hybridized carbons (Fsp3) is 0.778. The highest BCUT2D eigenvalue weighted by Gasteiger charge is 2.51. The van der Waals surface area contributed by atoms with Crippen LogP contribution in [-0.2, 0) is 0 Å². The Hall–Kier alpha value is -1.00. The first-order chi connectivity index (χ1) is 14.4. The van der Waals surface area contributed by atoms with Gasteiger partial charge in [-0.15, -0.1) is 0 Å². The van der Waals surface area contributed by atoms with Gasteiger partial charge in [-0.05, 0) is 94.0 Å². The summed E-state index contributed by atoms with van der Waals surface area (Å²) in [4.78, 5) is 0. The summed E-state index contributed by atoms with van der Waals surface area (Å²) >= 11 is 0. The second-order valence-corrected chi connectivity index (χ2v) is 11.4. The Morgan fingerprint density at radius 3 is 2.58 bits per heavy atom. The van der Waals surface area contributed by atoms with Crippen LogP contribution in [-0.4, -0.2) is 27.8 Å². The largest absolute Gasteiger partial charge is 0.390 e. The molecule has 3 aliphatic rings. The number of alkyl halides is 2. The Bertz CT molecular complexity index is 730. The molecule has 0 amide bonds. The van der Waals surface area contributed by atoms with E-state index in [0.29, 0.717) is 29.7 Å². The van der Waals surface area contributed by atoms with Crippen LogP contribution in [0.25, 0.3) is 0 Å². The predicted molar refractivity (Wildman–Crippen MR) is 123 cm³/mol. The van der Waals surface area contributed by atoms with Crippen LogP contribution < -0.4 is 0 Å². The number of hydrogen-bond acceptors (Lipinski definition) is 2. The molecule has 3 rings (SSSR count). The number of halogens is 2. The van der Waals surface area contributed by atoms with Crippen molar-refractivity contribution in [1.29, 1.82) is 0 Å². The number of hydrogen-bond donors (Lipinski definition) is 2. The van der Waals surface area contributed by atoms with Gasteiger partial charge >= 0.3 is 0 Å². The van der Waals surface area contributed by atoms with Gasteiger partial charge in [-0.2, -0.15) is 8.78 Å². The van der Waals surface area contributed by atoms with Crippen LogP contribution in [0, 0.1) is 23.2 Å². The van der Waals surface area contributed by atoms with Crippen molar-refractivity contribution >= 4 is 0 Å². The summed E-state index contributed by atoms with van der Waals surface area (Å²) in [7, 11) is 0. The maximum atomic E-state index is 14.6. The quantitative estimate of drug-likeness (QED) is 0.471. The molecular formula is C27H42F2O2. The van der Waals surface area contributed by atoms with Gasteiger partial charge in [0.2, 0.25) is 0 Å². The normalized spacial score (nSPS) is 37.3. The van der Waals surface area contributed by atoms with Crippen molar-refractivity contribution in [2.75, 3.05) is 0 Å². The molecule has 0 aromatic heterocycles. The van der Waals surface area contributed by atoms with Gasteiger partial charge in [-0.1, -0.05) is 51.0 Å². The van der Waals surface area contributed by atoms with E-state index in [1.165, 1.54) is 18.4 Å². The van der Waals surface area contributed by atoms with Gasteiger partial charge in [0.1, 0.15) is 6.10 Å². The highest BCUT2D eigenvalue weighted by molar-refractivity contribution is 5.41. The van der Waals surface area contributed by atoms with Crippen molar-refractivity contribution in [3.05, 3.63) is 35.5 Å². The van der Waals surface area contributed by atoms with E-state index in [-0.39, 0.29) is 17.4 Å². The molecule has 0 heterocycles. The Kier molecular flexibility index (Phi) is 7.23. The number of allylic oxidation sites excluding steroid dienone is 4. The molecular weight excluding hydrogens is 394 g/mol. The molecule has 0 radical (unpaired) electrons. The average Bonchev–Trinajstić information content (AvgIpc) is 3.01. The van der Waals surface area contributed by atoms with Gasteiger partial charge in [-0.25, -0.2) is 0 Å². The predicted octanol–water partition coefficient (Wildman–Crippen LogP) is 6.98. The minimum Gasteiger partial charge on any atom is -0.390 e. The molecule has 3 saturated carbocycles. The first-order valence-corrected chi connectivity index (χ1v) is 12.2. The number of fused-ring (bicyclic) bond motifs is 1. The van der Waals surface area contributed by atoms with Gasteiger partial charge in [0.15, 0.2) is 0 Å². The third-order valence-corrected chi connectivity index (χ3v) is 8.52. The fourth-order valence-electron chi connectivity index (χ4n) is 6.73. The van der Waals surface area contributed by atoms with E-state index in [9.17, 15) is 19.0 Å². The van der Waals surface area contributed by atoms with E-state index >= 15 is 0 Å². The van der Waals surface area contributed by atoms with Gasteiger partial charge in [0.05, 0.1) is 5.60 Å². The Balaban J connectivity index is 1.75. The Morgan fingerprint density at radius 2 is 1.90 bits per heavy atom. The van der Waals surface area contributed by atoms with Gasteiger partial charge in [0, 0.05) is 5.57 Å². The Morgan fingerprint density at radius 1 is 1.19 bits per heavy atom. The van der Waals surface area contributed by atoms with Crippen LogP contribution in [0.5, 0.6) is 0 Å². The molecule has 3 aliphatic carbocycles. The summed E-state index contributed by atoms with van der Waals surface area (Å²) in [6, 6.07) is 0.